The quantitative estimate of drug-likeness (QED) is 0.0743. The van der Waals surface area contributed by atoms with Gasteiger partial charge in [0.2, 0.25) is 29.5 Å². The Kier molecular flexibility index (Phi) is 24.1. The fraction of sp³-hybridized carbons (Fsp3) is 0.720. The van der Waals surface area contributed by atoms with Crippen LogP contribution in [0.1, 0.15) is 136 Å². The van der Waals surface area contributed by atoms with E-state index in [9.17, 15) is 24.0 Å². The number of nitrogens with two attached hydrogens (primary N) is 1. The first-order chi connectivity index (χ1) is 31.0. The molecular formula is C50H83N7O7S. The van der Waals surface area contributed by atoms with Crippen LogP contribution in [-0.2, 0) is 39.9 Å². The van der Waals surface area contributed by atoms with Crippen LogP contribution in [0.5, 0.6) is 0 Å². The summed E-state index contributed by atoms with van der Waals surface area (Å²) in [5.41, 5.74) is 6.69. The lowest BCUT2D eigenvalue weighted by atomic mass is 9.89. The van der Waals surface area contributed by atoms with Crippen molar-refractivity contribution in [2.45, 2.75) is 168 Å². The Labute approximate surface area is 394 Å². The Balaban J connectivity index is 1.74. The monoisotopic (exact) mass is 926 g/mol. The van der Waals surface area contributed by atoms with E-state index in [-0.39, 0.29) is 65.8 Å². The second kappa shape index (κ2) is 28.3. The van der Waals surface area contributed by atoms with Gasteiger partial charge in [0.1, 0.15) is 17.1 Å². The van der Waals surface area contributed by atoms with Gasteiger partial charge in [0.05, 0.1) is 42.7 Å². The first-order valence-corrected chi connectivity index (χ1v) is 25.0. The van der Waals surface area contributed by atoms with Crippen LogP contribution in [0.3, 0.4) is 0 Å². The molecule has 5 amide bonds. The van der Waals surface area contributed by atoms with E-state index in [0.717, 1.165) is 55.5 Å². The van der Waals surface area contributed by atoms with Crippen LogP contribution in [0.4, 0.5) is 0 Å². The van der Waals surface area contributed by atoms with Crippen LogP contribution >= 0.6 is 11.3 Å². The number of likely N-dealkylation sites (N-methyl/N-ethyl adjacent to an activating group) is 2. The first-order valence-electron chi connectivity index (χ1n) is 24.1. The first kappa shape index (κ1) is 55.4. The lowest BCUT2D eigenvalue weighted by Gasteiger charge is -2.41. The molecule has 1 aromatic carbocycles. The number of carbonyl (C=O) groups is 5. The number of likely N-dealkylation sites (tertiary alicyclic amines) is 1. The molecule has 1 aromatic heterocycles. The average Bonchev–Trinajstić information content (AvgIpc) is 4.01. The summed E-state index contributed by atoms with van der Waals surface area (Å²) < 4.78 is 12.2. The summed E-state index contributed by atoms with van der Waals surface area (Å²) in [5, 5.41) is 9.00. The Hall–Kier alpha value is -3.92. The number of nitrogens with one attached hydrogen (secondary N) is 2. The number of amides is 5. The van der Waals surface area contributed by atoms with Crippen molar-refractivity contribution < 1.29 is 33.4 Å². The zero-order valence-corrected chi connectivity index (χ0v) is 42.2. The molecule has 0 bridgehead atoms. The number of ether oxygens (including phenoxy) is 2. The second-order valence-corrected chi connectivity index (χ2v) is 19.7. The van der Waals surface area contributed by atoms with Gasteiger partial charge >= 0.3 is 0 Å². The molecule has 0 radical (unpaired) electrons. The molecule has 1 fully saturated rings. The van der Waals surface area contributed by atoms with Gasteiger partial charge in [-0.15, -0.1) is 11.3 Å². The fourth-order valence-corrected chi connectivity index (χ4v) is 10.1. The lowest BCUT2D eigenvalue weighted by molar-refractivity contribution is -0.148. The second-order valence-electron chi connectivity index (χ2n) is 18.8. The molecular weight excluding hydrogens is 843 g/mol. The van der Waals surface area contributed by atoms with Crippen molar-refractivity contribution in [1.82, 2.24) is 30.3 Å². The molecule has 1 unspecified atom stereocenters. The molecule has 15 heteroatoms. The highest BCUT2D eigenvalue weighted by molar-refractivity contribution is 7.09. The molecule has 2 aromatic rings. The van der Waals surface area contributed by atoms with Crippen molar-refractivity contribution >= 4 is 40.9 Å². The number of rotatable bonds is 29. The predicted octanol–water partition coefficient (Wildman–Crippen LogP) is 6.78. The summed E-state index contributed by atoms with van der Waals surface area (Å²) in [6.07, 6.45) is 9.55. The fourth-order valence-electron chi connectivity index (χ4n) is 9.42. The minimum Gasteiger partial charge on any atom is -0.379 e. The largest absolute Gasteiger partial charge is 0.379 e. The van der Waals surface area contributed by atoms with Crippen LogP contribution in [-0.4, -0.2) is 127 Å². The van der Waals surface area contributed by atoms with E-state index in [2.05, 4.69) is 15.6 Å². The number of unbranched alkanes of at least 4 members (excludes halogenated alkanes) is 5. The SMILES string of the molecule is CC[C@H](C)[C@@H]([C@@H](CC(=O)N1CCC[C@H]1[C@H](OC)[C@@H](C)C(=O)N[C@@H](Cc1ccccc1)c1nccs1)OC)N(C)C(=O)[C@@H](NC(=O)C(C(C)C)N(C)C(=O)CCCCCCCCN)C(C)C. The van der Waals surface area contributed by atoms with E-state index in [1.54, 1.807) is 39.4 Å². The van der Waals surface area contributed by atoms with Gasteiger partial charge in [-0.3, -0.25) is 24.0 Å². The number of aromatic nitrogens is 1. The van der Waals surface area contributed by atoms with Gasteiger partial charge in [-0.1, -0.05) is 111 Å². The standard InChI is InChI=1S/C50H83N7O7S/c1-12-35(6)45(56(9)50(62)43(33(2)3)54-48(61)44(34(4)5)55(8)41(58)26-20-15-13-14-16-21-27-51)40(63-10)32-42(59)57-29-22-25-39(57)46(64-11)36(7)47(60)53-38(49-52-28-30-65-49)31-37-23-18-17-19-24-37/h17-19,23-24,28,30,33-36,38-40,43-46H,12-16,20-22,25-27,29,31-32,51H2,1-11H3,(H,53,60)(H,54,61)/t35-,36+,38-,39-,40+,43-,44?,45-,46+/m0/s1. The zero-order chi connectivity index (χ0) is 48.2. The van der Waals surface area contributed by atoms with Gasteiger partial charge in [0.25, 0.3) is 0 Å². The summed E-state index contributed by atoms with van der Waals surface area (Å²) in [7, 11) is 6.55. The maximum absolute atomic E-state index is 14.6. The van der Waals surface area contributed by atoms with Gasteiger partial charge < -0.3 is 40.5 Å². The summed E-state index contributed by atoms with van der Waals surface area (Å²) in [5.74, 6) is -2.18. The number of carbonyl (C=O) groups excluding carboxylic acids is 5. The van der Waals surface area contributed by atoms with E-state index >= 15 is 0 Å². The molecule has 0 spiro atoms. The summed E-state index contributed by atoms with van der Waals surface area (Å²) in [6.45, 7) is 14.7. The molecule has 0 saturated carbocycles. The van der Waals surface area contributed by atoms with Crippen molar-refractivity contribution in [2.75, 3.05) is 41.4 Å². The Bertz CT molecular complexity index is 1730. The third-order valence-electron chi connectivity index (χ3n) is 13.4. The molecule has 1 saturated heterocycles. The smallest absolute Gasteiger partial charge is 0.245 e. The topological polar surface area (TPSA) is 176 Å². The third-order valence-corrected chi connectivity index (χ3v) is 14.3. The van der Waals surface area contributed by atoms with Gasteiger partial charge in [-0.05, 0) is 62.0 Å². The number of nitrogens with zero attached hydrogens (tertiary/aromatic N) is 4. The Morgan fingerprint density at radius 3 is 2.11 bits per heavy atom. The number of benzene rings is 1. The summed E-state index contributed by atoms with van der Waals surface area (Å²) >= 11 is 1.50. The molecule has 14 nitrogen and oxygen atoms in total. The normalized spacial score (nSPS) is 17.8. The van der Waals surface area contributed by atoms with Crippen LogP contribution in [0.25, 0.3) is 0 Å². The highest BCUT2D eigenvalue weighted by Gasteiger charge is 2.43. The van der Waals surface area contributed by atoms with Gasteiger partial charge in [-0.2, -0.15) is 0 Å². The van der Waals surface area contributed by atoms with Gasteiger partial charge in [0, 0.05) is 52.9 Å². The van der Waals surface area contributed by atoms with E-state index < -0.39 is 36.3 Å². The lowest BCUT2D eigenvalue weighted by Crippen LogP contribution is -2.60. The minimum absolute atomic E-state index is 0.00850. The van der Waals surface area contributed by atoms with Crippen LogP contribution < -0.4 is 16.4 Å². The minimum atomic E-state index is -0.883. The van der Waals surface area contributed by atoms with Crippen molar-refractivity contribution in [3.05, 3.63) is 52.5 Å². The molecule has 0 aliphatic carbocycles. The average molecular weight is 926 g/mol. The molecule has 1 aliphatic heterocycles. The number of methoxy groups -OCH3 is 2. The number of hydrogen-bond donors (Lipinski definition) is 3. The highest BCUT2D eigenvalue weighted by atomic mass is 32.1. The third kappa shape index (κ3) is 16.1. The Morgan fingerprint density at radius 2 is 1.54 bits per heavy atom. The highest BCUT2D eigenvalue weighted by Crippen LogP contribution is 2.31. The van der Waals surface area contributed by atoms with E-state index in [1.807, 2.05) is 89.1 Å². The molecule has 1 aliphatic rings. The van der Waals surface area contributed by atoms with Crippen LogP contribution in [0.15, 0.2) is 41.9 Å². The maximum Gasteiger partial charge on any atom is 0.245 e. The maximum atomic E-state index is 14.6. The molecule has 9 atom stereocenters. The summed E-state index contributed by atoms with van der Waals surface area (Å²) in [6, 6.07) is 7.19. The Morgan fingerprint density at radius 1 is 0.877 bits per heavy atom. The molecule has 2 heterocycles. The van der Waals surface area contributed by atoms with Gasteiger partial charge in [0.15, 0.2) is 0 Å². The zero-order valence-electron chi connectivity index (χ0n) is 41.4. The molecule has 3 rings (SSSR count). The van der Waals surface area contributed by atoms with E-state index in [1.165, 1.54) is 16.2 Å². The van der Waals surface area contributed by atoms with Crippen molar-refractivity contribution in [3.63, 3.8) is 0 Å². The van der Waals surface area contributed by atoms with Crippen LogP contribution in [0.2, 0.25) is 0 Å². The molecule has 4 N–H and O–H groups in total. The summed E-state index contributed by atoms with van der Waals surface area (Å²) in [4.78, 5) is 80.0. The van der Waals surface area contributed by atoms with Gasteiger partial charge in [-0.25, -0.2) is 4.98 Å². The van der Waals surface area contributed by atoms with Crippen molar-refractivity contribution in [1.29, 1.82) is 0 Å². The van der Waals surface area contributed by atoms with Crippen LogP contribution in [0, 0.1) is 23.7 Å². The van der Waals surface area contributed by atoms with E-state index in [0.29, 0.717) is 38.8 Å². The van der Waals surface area contributed by atoms with E-state index in [4.69, 9.17) is 15.2 Å². The van der Waals surface area contributed by atoms with Crippen molar-refractivity contribution in [3.8, 4) is 0 Å². The number of hydrogen-bond acceptors (Lipinski definition) is 10. The predicted molar refractivity (Wildman–Crippen MR) is 259 cm³/mol. The molecule has 366 valence electrons. The van der Waals surface area contributed by atoms with Crippen molar-refractivity contribution in [2.24, 2.45) is 29.4 Å². The molecule has 65 heavy (non-hydrogen) atoms. The number of thiazole rings is 1.